The van der Waals surface area contributed by atoms with Crippen LogP contribution in [-0.2, 0) is 9.53 Å². The lowest BCUT2D eigenvalue weighted by molar-refractivity contribution is -0.797. The third-order valence-corrected chi connectivity index (χ3v) is 6.27. The molecule has 1 aliphatic carbocycles. The van der Waals surface area contributed by atoms with Gasteiger partial charge in [0.25, 0.3) is 0 Å². The molecule has 1 saturated carbocycles. The molecule has 9 heteroatoms. The minimum atomic E-state index is -2.74. The van der Waals surface area contributed by atoms with Gasteiger partial charge in [0.15, 0.2) is 0 Å². The zero-order valence-corrected chi connectivity index (χ0v) is 19.7. The number of halogens is 2. The molecule has 2 fully saturated rings. The summed E-state index contributed by atoms with van der Waals surface area (Å²) in [6.45, 7) is 11.8. The summed E-state index contributed by atoms with van der Waals surface area (Å²) in [5.41, 5.74) is -1.64. The maximum atomic E-state index is 13.8. The van der Waals surface area contributed by atoms with E-state index >= 15 is 0 Å². The lowest BCUT2D eigenvalue weighted by Gasteiger charge is -2.42. The number of likely N-dealkylation sites (tertiary alicyclic amines) is 1. The maximum Gasteiger partial charge on any atom is 0.527 e. The number of amides is 3. The molecule has 178 valence electrons. The van der Waals surface area contributed by atoms with Crippen molar-refractivity contribution in [3.05, 3.63) is 0 Å². The number of rotatable bonds is 2. The highest BCUT2D eigenvalue weighted by Crippen LogP contribution is 2.40. The summed E-state index contributed by atoms with van der Waals surface area (Å²) in [5.74, 6) is -2.96. The lowest BCUT2D eigenvalue weighted by atomic mass is 9.86. The van der Waals surface area contributed by atoms with Gasteiger partial charge in [0, 0.05) is 30.7 Å². The van der Waals surface area contributed by atoms with Crippen LogP contribution < -0.4 is 0 Å². The Morgan fingerprint density at radius 3 is 1.97 bits per heavy atom. The number of carboxylic acid groups (broad SMARTS) is 1. The SMILES string of the molecule is CC1C[C@H](N(C(=O)C(C)(C)C)C2CCC(F)(F)CC2)C[N+]1(C(=O)O)C(=O)OC(C)(C)C. The summed E-state index contributed by atoms with van der Waals surface area (Å²) < 4.78 is 32.0. The Balaban J connectivity index is 2.40. The minimum Gasteiger partial charge on any atom is -0.435 e. The van der Waals surface area contributed by atoms with E-state index in [1.807, 2.05) is 0 Å². The van der Waals surface area contributed by atoms with Gasteiger partial charge in [0.2, 0.25) is 11.8 Å². The number of hydrogen-bond donors (Lipinski definition) is 1. The average molecular weight is 448 g/mol. The number of carbonyl (C=O) groups is 3. The van der Waals surface area contributed by atoms with E-state index in [1.54, 1.807) is 53.4 Å². The molecule has 2 rings (SSSR count). The van der Waals surface area contributed by atoms with Gasteiger partial charge in [-0.25, -0.2) is 8.78 Å². The fraction of sp³-hybridized carbons (Fsp3) is 0.864. The number of hydrogen-bond acceptors (Lipinski definition) is 4. The van der Waals surface area contributed by atoms with Crippen LogP contribution in [0.4, 0.5) is 18.4 Å². The largest absolute Gasteiger partial charge is 0.527 e. The van der Waals surface area contributed by atoms with Gasteiger partial charge in [-0.2, -0.15) is 9.59 Å². The van der Waals surface area contributed by atoms with E-state index < -0.39 is 51.7 Å². The molecule has 1 N–H and O–H groups in total. The van der Waals surface area contributed by atoms with Crippen LogP contribution in [0.15, 0.2) is 0 Å². The minimum absolute atomic E-state index is 0.139. The Labute approximate surface area is 183 Å². The summed E-state index contributed by atoms with van der Waals surface area (Å²) in [4.78, 5) is 40.3. The molecular formula is C22H37F2N2O5+. The van der Waals surface area contributed by atoms with Crippen molar-refractivity contribution in [2.45, 2.75) is 110 Å². The van der Waals surface area contributed by atoms with Gasteiger partial charge in [-0.05, 0) is 40.5 Å². The number of alkyl halides is 2. The third-order valence-electron chi connectivity index (χ3n) is 6.27. The second-order valence-electron chi connectivity index (χ2n) is 11.1. The predicted molar refractivity (Wildman–Crippen MR) is 111 cm³/mol. The smallest absolute Gasteiger partial charge is 0.435 e. The Morgan fingerprint density at radius 2 is 1.55 bits per heavy atom. The van der Waals surface area contributed by atoms with Crippen LogP contribution in [0.25, 0.3) is 0 Å². The van der Waals surface area contributed by atoms with Crippen molar-refractivity contribution in [3.8, 4) is 0 Å². The fourth-order valence-electron chi connectivity index (χ4n) is 4.62. The van der Waals surface area contributed by atoms with E-state index in [2.05, 4.69) is 0 Å². The molecule has 0 radical (unpaired) electrons. The summed E-state index contributed by atoms with van der Waals surface area (Å²) in [7, 11) is 0. The zero-order chi connectivity index (χ0) is 24.0. The predicted octanol–water partition coefficient (Wildman–Crippen LogP) is 5.03. The molecule has 0 aromatic carbocycles. The second-order valence-corrected chi connectivity index (χ2v) is 11.1. The highest BCUT2D eigenvalue weighted by molar-refractivity contribution is 5.82. The first kappa shape index (κ1) is 25.5. The molecule has 0 aromatic rings. The Hall–Kier alpha value is -1.77. The van der Waals surface area contributed by atoms with Crippen molar-refractivity contribution in [2.75, 3.05) is 6.54 Å². The Kier molecular flexibility index (Phi) is 6.82. The van der Waals surface area contributed by atoms with Crippen LogP contribution in [0, 0.1) is 5.41 Å². The van der Waals surface area contributed by atoms with E-state index in [9.17, 15) is 28.3 Å². The van der Waals surface area contributed by atoms with Crippen molar-refractivity contribution in [2.24, 2.45) is 5.41 Å². The molecule has 1 heterocycles. The van der Waals surface area contributed by atoms with Gasteiger partial charge in [0.05, 0.1) is 6.04 Å². The second kappa shape index (κ2) is 8.30. The molecule has 2 unspecified atom stereocenters. The van der Waals surface area contributed by atoms with Gasteiger partial charge in [-0.3, -0.25) is 4.79 Å². The first-order valence-corrected chi connectivity index (χ1v) is 11.0. The van der Waals surface area contributed by atoms with Crippen LogP contribution in [0.1, 0.15) is 80.6 Å². The molecule has 2 aliphatic rings. The van der Waals surface area contributed by atoms with Crippen molar-refractivity contribution < 1.29 is 37.5 Å². The van der Waals surface area contributed by atoms with Gasteiger partial charge in [-0.15, -0.1) is 4.48 Å². The summed E-state index contributed by atoms with van der Waals surface area (Å²) in [6.07, 6.45) is -2.23. The van der Waals surface area contributed by atoms with Crippen molar-refractivity contribution in [3.63, 3.8) is 0 Å². The molecule has 3 amide bonds. The quantitative estimate of drug-likeness (QED) is 0.600. The maximum absolute atomic E-state index is 13.8. The van der Waals surface area contributed by atoms with Gasteiger partial charge >= 0.3 is 12.2 Å². The van der Waals surface area contributed by atoms with Crippen LogP contribution in [0.2, 0.25) is 0 Å². The monoisotopic (exact) mass is 447 g/mol. The molecule has 7 nitrogen and oxygen atoms in total. The molecule has 31 heavy (non-hydrogen) atoms. The molecule has 3 atom stereocenters. The number of imide groups is 1. The first-order valence-electron chi connectivity index (χ1n) is 11.0. The number of quaternary nitrogens is 1. The van der Waals surface area contributed by atoms with E-state index in [0.717, 1.165) is 0 Å². The highest BCUT2D eigenvalue weighted by Gasteiger charge is 2.61. The summed E-state index contributed by atoms with van der Waals surface area (Å²) in [5, 5.41) is 10.0. The third kappa shape index (κ3) is 5.35. The number of carbonyl (C=O) groups excluding carboxylic acids is 2. The van der Waals surface area contributed by atoms with Crippen LogP contribution in [0.3, 0.4) is 0 Å². The van der Waals surface area contributed by atoms with Gasteiger partial charge in [0.1, 0.15) is 18.2 Å². The Morgan fingerprint density at radius 1 is 1.03 bits per heavy atom. The summed E-state index contributed by atoms with van der Waals surface area (Å²) in [6, 6.07) is -1.59. The number of nitrogens with zero attached hydrogens (tertiary/aromatic N) is 2. The van der Waals surface area contributed by atoms with E-state index in [-0.39, 0.29) is 44.6 Å². The zero-order valence-electron chi connectivity index (χ0n) is 19.7. The number of ether oxygens (including phenoxy) is 1. The van der Waals surface area contributed by atoms with Gasteiger partial charge < -0.3 is 14.7 Å². The first-order chi connectivity index (χ1) is 13.9. The van der Waals surface area contributed by atoms with E-state index in [0.29, 0.717) is 0 Å². The molecule has 1 saturated heterocycles. The van der Waals surface area contributed by atoms with Crippen LogP contribution >= 0.6 is 0 Å². The molecule has 0 bridgehead atoms. The highest BCUT2D eigenvalue weighted by atomic mass is 19.3. The van der Waals surface area contributed by atoms with Crippen LogP contribution in [0.5, 0.6) is 0 Å². The molecule has 0 spiro atoms. The van der Waals surface area contributed by atoms with Crippen molar-refractivity contribution in [1.29, 1.82) is 0 Å². The summed E-state index contributed by atoms with van der Waals surface area (Å²) >= 11 is 0. The fourth-order valence-corrected chi connectivity index (χ4v) is 4.62. The van der Waals surface area contributed by atoms with E-state index in [4.69, 9.17) is 4.74 Å². The topological polar surface area (TPSA) is 83.9 Å². The molecule has 1 aliphatic heterocycles. The Bertz CT molecular complexity index is 718. The van der Waals surface area contributed by atoms with Crippen LogP contribution in [-0.4, -0.2) is 68.8 Å². The molecule has 0 aromatic heterocycles. The van der Waals surface area contributed by atoms with Crippen molar-refractivity contribution in [1.82, 2.24) is 4.90 Å². The normalized spacial score (nSPS) is 29.5. The lowest BCUT2D eigenvalue weighted by Crippen LogP contribution is -2.62. The molecular weight excluding hydrogens is 410 g/mol. The average Bonchev–Trinajstić information content (AvgIpc) is 2.92. The van der Waals surface area contributed by atoms with E-state index in [1.165, 1.54) is 0 Å². The van der Waals surface area contributed by atoms with Gasteiger partial charge in [-0.1, -0.05) is 20.8 Å². The van der Waals surface area contributed by atoms with Crippen molar-refractivity contribution >= 4 is 18.1 Å². The standard InChI is InChI=1S/C22H36F2N2O5/c1-14-12-16(13-26(14,18(28)29)19(30)31-21(5,6)7)25(17(27)20(2,3)4)15-8-10-22(23,24)11-9-15/h14-16H,8-13H2,1-7H3/p+1/t14?,16-,26?/m0/s1.